The van der Waals surface area contributed by atoms with E-state index in [1.54, 1.807) is 7.05 Å². The maximum atomic E-state index is 12.5. The average Bonchev–Trinajstić information content (AvgIpc) is 3.04. The number of thiophene rings is 1. The van der Waals surface area contributed by atoms with E-state index in [9.17, 15) is 4.79 Å². The maximum Gasteiger partial charge on any atom is 0.287 e. The minimum atomic E-state index is -0.0721. The molecule has 5 rings (SSSR count). The summed E-state index contributed by atoms with van der Waals surface area (Å²) in [6, 6.07) is 0. The minimum Gasteiger partial charge on any atom is -0.356 e. The van der Waals surface area contributed by atoms with Gasteiger partial charge >= 0.3 is 0 Å². The fourth-order valence-electron chi connectivity index (χ4n) is 4.26. The second kappa shape index (κ2) is 5.76. The van der Waals surface area contributed by atoms with Crippen LogP contribution in [-0.2, 0) is 19.9 Å². The van der Waals surface area contributed by atoms with Gasteiger partial charge < -0.3 is 4.90 Å². The Morgan fingerprint density at radius 1 is 1.00 bits per heavy atom. The van der Waals surface area contributed by atoms with E-state index in [0.717, 1.165) is 41.7 Å². The van der Waals surface area contributed by atoms with Gasteiger partial charge in [-0.05, 0) is 56.1 Å². The Morgan fingerprint density at radius 3 is 2.56 bits per heavy atom. The van der Waals surface area contributed by atoms with Crippen molar-refractivity contribution in [1.82, 2.24) is 20.0 Å². The molecular weight excluding hydrogens is 334 g/mol. The molecule has 1 aliphatic carbocycles. The van der Waals surface area contributed by atoms with Gasteiger partial charge in [0.15, 0.2) is 0 Å². The van der Waals surface area contributed by atoms with E-state index < -0.39 is 0 Å². The summed E-state index contributed by atoms with van der Waals surface area (Å²) < 4.78 is 2.00. The van der Waals surface area contributed by atoms with Crippen LogP contribution in [0.3, 0.4) is 0 Å². The predicted molar refractivity (Wildman–Crippen MR) is 101 cm³/mol. The number of pyridine rings is 1. The van der Waals surface area contributed by atoms with Crippen LogP contribution in [0.15, 0.2) is 4.79 Å². The molecule has 0 spiro atoms. The molecule has 1 aliphatic heterocycles. The third-order valence-electron chi connectivity index (χ3n) is 5.53. The fourth-order valence-corrected chi connectivity index (χ4v) is 5.37. The molecular formula is C18H21N5OS. The van der Waals surface area contributed by atoms with Crippen LogP contribution in [0.25, 0.3) is 20.4 Å². The lowest BCUT2D eigenvalue weighted by molar-refractivity contribution is 0.569. The summed E-state index contributed by atoms with van der Waals surface area (Å²) in [7, 11) is 1.65. The number of anilines is 1. The van der Waals surface area contributed by atoms with Crippen molar-refractivity contribution in [3.05, 3.63) is 21.5 Å². The zero-order valence-electron chi connectivity index (χ0n) is 14.4. The maximum absolute atomic E-state index is 12.5. The van der Waals surface area contributed by atoms with Gasteiger partial charge in [0.05, 0.1) is 0 Å². The largest absolute Gasteiger partial charge is 0.356 e. The number of rotatable bonds is 1. The molecule has 7 heteroatoms. The highest BCUT2D eigenvalue weighted by molar-refractivity contribution is 7.25. The Bertz CT molecular complexity index is 1030. The highest BCUT2D eigenvalue weighted by Gasteiger charge is 2.26. The van der Waals surface area contributed by atoms with Gasteiger partial charge in [0.2, 0.25) is 0 Å². The van der Waals surface area contributed by atoms with Crippen molar-refractivity contribution in [3.8, 4) is 0 Å². The molecule has 4 heterocycles. The van der Waals surface area contributed by atoms with Crippen molar-refractivity contribution < 1.29 is 0 Å². The normalized spacial score (nSPS) is 18.0. The third kappa shape index (κ3) is 2.28. The van der Waals surface area contributed by atoms with Crippen LogP contribution in [0.4, 0.5) is 5.82 Å². The summed E-state index contributed by atoms with van der Waals surface area (Å²) in [6.45, 7) is 2.19. The van der Waals surface area contributed by atoms with Gasteiger partial charge in [-0.1, -0.05) is 5.21 Å². The van der Waals surface area contributed by atoms with E-state index in [4.69, 9.17) is 4.98 Å². The molecule has 3 aromatic heterocycles. The summed E-state index contributed by atoms with van der Waals surface area (Å²) in [5, 5.41) is 9.45. The smallest absolute Gasteiger partial charge is 0.287 e. The van der Waals surface area contributed by atoms with Gasteiger partial charge in [0, 0.05) is 25.5 Å². The van der Waals surface area contributed by atoms with Gasteiger partial charge in [0.1, 0.15) is 20.9 Å². The number of nitrogens with zero attached hydrogens (tertiary/aromatic N) is 5. The summed E-state index contributed by atoms with van der Waals surface area (Å²) in [6.07, 6.45) is 8.35. The lowest BCUT2D eigenvalue weighted by atomic mass is 9.89. The number of fused-ring (bicyclic) bond motifs is 5. The molecule has 25 heavy (non-hydrogen) atoms. The van der Waals surface area contributed by atoms with Crippen LogP contribution < -0.4 is 10.5 Å². The number of aromatic nitrogens is 4. The molecule has 0 amide bonds. The third-order valence-corrected chi connectivity index (χ3v) is 6.59. The molecule has 6 nitrogen and oxygen atoms in total. The molecule has 2 aliphatic rings. The molecule has 0 bridgehead atoms. The van der Waals surface area contributed by atoms with Crippen LogP contribution in [-0.4, -0.2) is 33.1 Å². The van der Waals surface area contributed by atoms with Crippen LogP contribution in [0.1, 0.15) is 43.2 Å². The van der Waals surface area contributed by atoms with Crippen LogP contribution in [0.5, 0.6) is 0 Å². The molecule has 3 aromatic rings. The molecule has 0 atom stereocenters. The minimum absolute atomic E-state index is 0.0721. The molecule has 0 unspecified atom stereocenters. The summed E-state index contributed by atoms with van der Waals surface area (Å²) in [4.78, 5) is 20.9. The number of hydrogen-bond donors (Lipinski definition) is 0. The van der Waals surface area contributed by atoms with Crippen LogP contribution >= 0.6 is 11.3 Å². The second-order valence-corrected chi connectivity index (χ2v) is 8.12. The Hall–Kier alpha value is -2.02. The van der Waals surface area contributed by atoms with E-state index in [2.05, 4.69) is 15.2 Å². The first-order valence-electron chi connectivity index (χ1n) is 9.17. The second-order valence-electron chi connectivity index (χ2n) is 7.13. The monoisotopic (exact) mass is 355 g/mol. The molecule has 1 saturated heterocycles. The first-order valence-corrected chi connectivity index (χ1v) is 9.98. The SMILES string of the molecule is Cn1nnc2c(sc3nc(N4CCCCC4)c4c(c32)CCCC4)c1=O. The van der Waals surface area contributed by atoms with Crippen molar-refractivity contribution >= 4 is 37.6 Å². The van der Waals surface area contributed by atoms with E-state index in [1.165, 1.54) is 65.1 Å². The lowest BCUT2D eigenvalue weighted by Crippen LogP contribution is -2.31. The van der Waals surface area contributed by atoms with Gasteiger partial charge in [-0.25, -0.2) is 9.67 Å². The molecule has 130 valence electrons. The van der Waals surface area contributed by atoms with Crippen molar-refractivity contribution in [2.24, 2.45) is 7.05 Å². The predicted octanol–water partition coefficient (Wildman–Crippen LogP) is 2.81. The topological polar surface area (TPSA) is 63.9 Å². The standard InChI is InChI=1S/C18H21N5OS/c1-22-18(24)15-14(20-21-22)13-11-7-3-4-8-12(11)16(19-17(13)25-15)23-9-5-2-6-10-23/h2-10H2,1H3. The first kappa shape index (κ1) is 15.3. The van der Waals surface area contributed by atoms with E-state index >= 15 is 0 Å². The zero-order valence-corrected chi connectivity index (χ0v) is 15.2. The summed E-state index contributed by atoms with van der Waals surface area (Å²) in [5.74, 6) is 1.17. The van der Waals surface area contributed by atoms with E-state index in [-0.39, 0.29) is 5.56 Å². The van der Waals surface area contributed by atoms with Gasteiger partial charge in [-0.3, -0.25) is 4.79 Å². The van der Waals surface area contributed by atoms with E-state index in [0.29, 0.717) is 4.70 Å². The molecule has 0 aromatic carbocycles. The van der Waals surface area contributed by atoms with Crippen molar-refractivity contribution in [1.29, 1.82) is 0 Å². The number of aryl methyl sites for hydroxylation is 2. The summed E-state index contributed by atoms with van der Waals surface area (Å²) >= 11 is 1.48. The Labute approximate surface area is 149 Å². The molecule has 0 saturated carbocycles. The Balaban J connectivity index is 1.84. The van der Waals surface area contributed by atoms with Gasteiger partial charge in [-0.15, -0.1) is 16.4 Å². The zero-order chi connectivity index (χ0) is 17.0. The summed E-state index contributed by atoms with van der Waals surface area (Å²) in [5.41, 5.74) is 3.43. The molecule has 0 N–H and O–H groups in total. The van der Waals surface area contributed by atoms with Crippen molar-refractivity contribution in [2.45, 2.75) is 44.9 Å². The molecule has 1 fully saturated rings. The average molecular weight is 355 g/mol. The van der Waals surface area contributed by atoms with Crippen LogP contribution in [0.2, 0.25) is 0 Å². The number of piperidine rings is 1. The molecule has 0 radical (unpaired) electrons. The van der Waals surface area contributed by atoms with Crippen molar-refractivity contribution in [2.75, 3.05) is 18.0 Å². The van der Waals surface area contributed by atoms with E-state index in [1.807, 2.05) is 0 Å². The fraction of sp³-hybridized carbons (Fsp3) is 0.556. The van der Waals surface area contributed by atoms with Crippen molar-refractivity contribution in [3.63, 3.8) is 0 Å². The highest BCUT2D eigenvalue weighted by atomic mass is 32.1. The van der Waals surface area contributed by atoms with Gasteiger partial charge in [-0.2, -0.15) is 0 Å². The quantitative estimate of drug-likeness (QED) is 0.672. The number of hydrogen-bond acceptors (Lipinski definition) is 6. The Morgan fingerprint density at radius 2 is 1.76 bits per heavy atom. The Kier molecular flexibility index (Phi) is 3.51. The highest BCUT2D eigenvalue weighted by Crippen LogP contribution is 2.40. The van der Waals surface area contributed by atoms with Crippen LogP contribution in [0, 0.1) is 0 Å². The first-order chi connectivity index (χ1) is 12.2. The van der Waals surface area contributed by atoms with Gasteiger partial charge in [0.25, 0.3) is 5.56 Å². The lowest BCUT2D eigenvalue weighted by Gasteiger charge is -2.31.